The Morgan fingerprint density at radius 2 is 2.17 bits per heavy atom. The molecule has 1 aliphatic heterocycles. The molecule has 7 nitrogen and oxygen atoms in total. The maximum absolute atomic E-state index is 12.4. The van der Waals surface area contributed by atoms with Gasteiger partial charge < -0.3 is 15.5 Å². The third-order valence-corrected chi connectivity index (χ3v) is 4.63. The quantitative estimate of drug-likeness (QED) is 0.808. The van der Waals surface area contributed by atoms with E-state index in [-0.39, 0.29) is 29.9 Å². The van der Waals surface area contributed by atoms with Gasteiger partial charge in [0.25, 0.3) is 0 Å². The number of aromatic nitrogens is 2. The highest BCUT2D eigenvalue weighted by molar-refractivity contribution is 5.78. The van der Waals surface area contributed by atoms with Crippen molar-refractivity contribution in [2.45, 2.75) is 58.7 Å². The van der Waals surface area contributed by atoms with Crippen molar-refractivity contribution in [3.63, 3.8) is 0 Å². The van der Waals surface area contributed by atoms with Crippen molar-refractivity contribution in [3.8, 4) is 0 Å². The van der Waals surface area contributed by atoms with Gasteiger partial charge in [0.15, 0.2) is 0 Å². The minimum absolute atomic E-state index is 0.0376. The summed E-state index contributed by atoms with van der Waals surface area (Å²) >= 11 is 0. The SMILES string of the molecule is CC(=O)N[C@@H]1CCCN(C(=O)CN[C@H](C)[C@H](C)n2cc(C)cn2)C1. The van der Waals surface area contributed by atoms with Gasteiger partial charge in [0, 0.05) is 38.3 Å². The molecule has 2 N–H and O–H groups in total. The highest BCUT2D eigenvalue weighted by Crippen LogP contribution is 2.12. The van der Waals surface area contributed by atoms with E-state index in [1.807, 2.05) is 28.9 Å². The smallest absolute Gasteiger partial charge is 0.236 e. The summed E-state index contributed by atoms with van der Waals surface area (Å²) in [5.41, 5.74) is 1.13. The van der Waals surface area contributed by atoms with Gasteiger partial charge in [-0.25, -0.2) is 0 Å². The minimum Gasteiger partial charge on any atom is -0.352 e. The van der Waals surface area contributed by atoms with Gasteiger partial charge >= 0.3 is 0 Å². The van der Waals surface area contributed by atoms with E-state index in [0.717, 1.165) is 24.9 Å². The van der Waals surface area contributed by atoms with Crippen LogP contribution in [0.5, 0.6) is 0 Å². The molecule has 0 unspecified atom stereocenters. The molecule has 2 heterocycles. The number of hydrogen-bond acceptors (Lipinski definition) is 4. The molecule has 3 atom stereocenters. The molecule has 0 bridgehead atoms. The van der Waals surface area contributed by atoms with Gasteiger partial charge in [-0.15, -0.1) is 0 Å². The Kier molecular flexibility index (Phi) is 6.36. The Labute approximate surface area is 143 Å². The number of likely N-dealkylation sites (tertiary alicyclic amines) is 1. The highest BCUT2D eigenvalue weighted by atomic mass is 16.2. The Bertz CT molecular complexity index is 571. The number of amides is 2. The summed E-state index contributed by atoms with van der Waals surface area (Å²) in [5.74, 6) is 0.0464. The number of carbonyl (C=O) groups is 2. The van der Waals surface area contributed by atoms with Crippen molar-refractivity contribution in [2.75, 3.05) is 19.6 Å². The number of aryl methyl sites for hydroxylation is 1. The number of nitrogens with zero attached hydrogens (tertiary/aromatic N) is 3. The molecule has 1 fully saturated rings. The third-order valence-electron chi connectivity index (χ3n) is 4.63. The van der Waals surface area contributed by atoms with E-state index in [4.69, 9.17) is 0 Å². The first-order chi connectivity index (χ1) is 11.4. The summed E-state index contributed by atoms with van der Waals surface area (Å²) in [6.45, 7) is 9.34. The van der Waals surface area contributed by atoms with Crippen LogP contribution in [-0.2, 0) is 9.59 Å². The van der Waals surface area contributed by atoms with Crippen LogP contribution in [-0.4, -0.2) is 58.2 Å². The van der Waals surface area contributed by atoms with Crippen LogP contribution in [0.2, 0.25) is 0 Å². The number of piperidine rings is 1. The Hall–Kier alpha value is -1.89. The Morgan fingerprint density at radius 1 is 1.42 bits per heavy atom. The molecule has 0 radical (unpaired) electrons. The lowest BCUT2D eigenvalue weighted by atomic mass is 10.1. The fourth-order valence-corrected chi connectivity index (χ4v) is 3.02. The van der Waals surface area contributed by atoms with Crippen LogP contribution >= 0.6 is 0 Å². The molecule has 2 amide bonds. The van der Waals surface area contributed by atoms with E-state index in [9.17, 15) is 9.59 Å². The summed E-state index contributed by atoms with van der Waals surface area (Å²) in [5, 5.41) is 10.5. The van der Waals surface area contributed by atoms with Crippen LogP contribution in [0.15, 0.2) is 12.4 Å². The van der Waals surface area contributed by atoms with Crippen molar-refractivity contribution < 1.29 is 9.59 Å². The van der Waals surface area contributed by atoms with E-state index in [1.54, 1.807) is 0 Å². The van der Waals surface area contributed by atoms with Gasteiger partial charge in [0.2, 0.25) is 11.8 Å². The van der Waals surface area contributed by atoms with E-state index in [0.29, 0.717) is 13.1 Å². The zero-order chi connectivity index (χ0) is 17.7. The highest BCUT2D eigenvalue weighted by Gasteiger charge is 2.24. The molecular weight excluding hydrogens is 306 g/mol. The summed E-state index contributed by atoms with van der Waals surface area (Å²) in [7, 11) is 0. The third kappa shape index (κ3) is 5.06. The standard InChI is InChI=1S/C17H29N5O2/c1-12-8-19-22(10-12)14(3)13(2)18-9-17(24)21-7-5-6-16(11-21)20-15(4)23/h8,10,13-14,16,18H,5-7,9,11H2,1-4H3,(H,20,23)/t13-,14+,16-/m1/s1. The molecule has 0 aromatic carbocycles. The fourth-order valence-electron chi connectivity index (χ4n) is 3.02. The van der Waals surface area contributed by atoms with Gasteiger partial charge in [0.1, 0.15) is 0 Å². The molecule has 134 valence electrons. The molecule has 1 saturated heterocycles. The molecule has 24 heavy (non-hydrogen) atoms. The average Bonchev–Trinajstić information content (AvgIpc) is 2.97. The fraction of sp³-hybridized carbons (Fsp3) is 0.706. The zero-order valence-corrected chi connectivity index (χ0v) is 15.1. The van der Waals surface area contributed by atoms with Crippen LogP contribution in [0.1, 0.15) is 45.2 Å². The van der Waals surface area contributed by atoms with E-state index in [1.165, 1.54) is 6.92 Å². The van der Waals surface area contributed by atoms with E-state index >= 15 is 0 Å². The van der Waals surface area contributed by atoms with Crippen molar-refractivity contribution in [3.05, 3.63) is 18.0 Å². The summed E-state index contributed by atoms with van der Waals surface area (Å²) in [6.07, 6.45) is 5.70. The molecule has 2 rings (SSSR count). The number of hydrogen-bond donors (Lipinski definition) is 2. The van der Waals surface area contributed by atoms with Crippen LogP contribution < -0.4 is 10.6 Å². The number of nitrogens with one attached hydrogen (secondary N) is 2. The maximum atomic E-state index is 12.4. The predicted octanol–water partition coefficient (Wildman–Crippen LogP) is 0.858. The largest absolute Gasteiger partial charge is 0.352 e. The number of carbonyl (C=O) groups excluding carboxylic acids is 2. The second kappa shape index (κ2) is 8.28. The molecule has 0 aliphatic carbocycles. The van der Waals surface area contributed by atoms with E-state index in [2.05, 4.69) is 29.6 Å². The first-order valence-corrected chi connectivity index (χ1v) is 8.66. The maximum Gasteiger partial charge on any atom is 0.236 e. The van der Waals surface area contributed by atoms with Crippen LogP contribution in [0.3, 0.4) is 0 Å². The summed E-state index contributed by atoms with van der Waals surface area (Å²) < 4.78 is 1.92. The van der Waals surface area contributed by atoms with Crippen LogP contribution in [0.4, 0.5) is 0 Å². The Balaban J connectivity index is 1.80. The molecule has 1 aromatic rings. The molecule has 7 heteroatoms. The van der Waals surface area contributed by atoms with Gasteiger partial charge in [0.05, 0.1) is 18.8 Å². The molecule has 1 aliphatic rings. The van der Waals surface area contributed by atoms with Gasteiger partial charge in [-0.05, 0) is 39.2 Å². The molecule has 0 saturated carbocycles. The predicted molar refractivity (Wildman–Crippen MR) is 92.6 cm³/mol. The summed E-state index contributed by atoms with van der Waals surface area (Å²) in [6, 6.07) is 0.368. The molecular formula is C17H29N5O2. The van der Waals surface area contributed by atoms with Crippen LogP contribution in [0, 0.1) is 6.92 Å². The van der Waals surface area contributed by atoms with Gasteiger partial charge in [-0.1, -0.05) is 0 Å². The van der Waals surface area contributed by atoms with Gasteiger partial charge in [-0.3, -0.25) is 14.3 Å². The van der Waals surface area contributed by atoms with Crippen molar-refractivity contribution in [1.29, 1.82) is 0 Å². The lowest BCUT2D eigenvalue weighted by Gasteiger charge is -2.33. The normalized spacial score (nSPS) is 20.5. The van der Waals surface area contributed by atoms with E-state index < -0.39 is 0 Å². The minimum atomic E-state index is -0.0376. The number of rotatable bonds is 6. The second-order valence-corrected chi connectivity index (χ2v) is 6.79. The topological polar surface area (TPSA) is 79.3 Å². The average molecular weight is 335 g/mol. The lowest BCUT2D eigenvalue weighted by Crippen LogP contribution is -2.51. The van der Waals surface area contributed by atoms with Gasteiger partial charge in [-0.2, -0.15) is 5.10 Å². The monoisotopic (exact) mass is 335 g/mol. The lowest BCUT2D eigenvalue weighted by molar-refractivity contribution is -0.132. The van der Waals surface area contributed by atoms with Crippen molar-refractivity contribution >= 4 is 11.8 Å². The molecule has 1 aromatic heterocycles. The van der Waals surface area contributed by atoms with Crippen LogP contribution in [0.25, 0.3) is 0 Å². The first kappa shape index (κ1) is 18.4. The molecule has 0 spiro atoms. The second-order valence-electron chi connectivity index (χ2n) is 6.79. The first-order valence-electron chi connectivity index (χ1n) is 8.66. The zero-order valence-electron chi connectivity index (χ0n) is 15.1. The Morgan fingerprint density at radius 3 is 2.79 bits per heavy atom. The van der Waals surface area contributed by atoms with Crippen molar-refractivity contribution in [1.82, 2.24) is 25.3 Å². The van der Waals surface area contributed by atoms with Crippen molar-refractivity contribution in [2.24, 2.45) is 0 Å². The summed E-state index contributed by atoms with van der Waals surface area (Å²) in [4.78, 5) is 25.4.